The highest BCUT2D eigenvalue weighted by molar-refractivity contribution is 7.89. The Morgan fingerprint density at radius 3 is 2.62 bits per heavy atom. The number of sulfonamides is 1. The maximum atomic E-state index is 13.6. The largest absolute Gasteiger partial charge is 0.295 e. The number of hydrogen-bond donors (Lipinski definition) is 2. The molecule has 0 radical (unpaired) electrons. The lowest BCUT2D eigenvalue weighted by molar-refractivity contribution is 0.0938. The number of aryl methyl sites for hydroxylation is 1. The van der Waals surface area contributed by atoms with Crippen molar-refractivity contribution in [2.75, 3.05) is 0 Å². The number of carbonyl (C=O) groups excluding carboxylic acids is 1. The molecule has 0 saturated carbocycles. The van der Waals surface area contributed by atoms with E-state index in [9.17, 15) is 17.6 Å². The van der Waals surface area contributed by atoms with Crippen LogP contribution in [0.2, 0.25) is 0 Å². The van der Waals surface area contributed by atoms with E-state index in [0.29, 0.717) is 11.3 Å². The summed E-state index contributed by atoms with van der Waals surface area (Å²) in [5, 5.41) is 0. The molecule has 24 heavy (non-hydrogen) atoms. The molecular weight excluding hydrogens is 335 g/mol. The fourth-order valence-electron chi connectivity index (χ4n) is 2.28. The van der Waals surface area contributed by atoms with Crippen LogP contribution in [0.25, 0.3) is 5.65 Å². The molecule has 0 aliphatic heterocycles. The number of nitrogens with zero attached hydrogens (tertiary/aromatic N) is 2. The Kier molecular flexibility index (Phi) is 4.04. The highest BCUT2D eigenvalue weighted by Gasteiger charge is 2.21. The summed E-state index contributed by atoms with van der Waals surface area (Å²) in [6.45, 7) is 1.63. The summed E-state index contributed by atoms with van der Waals surface area (Å²) in [5.41, 5.74) is 3.25. The van der Waals surface area contributed by atoms with Gasteiger partial charge in [0.15, 0.2) is 0 Å². The molecule has 0 unspecified atom stereocenters. The molecule has 0 spiro atoms. The van der Waals surface area contributed by atoms with Crippen LogP contribution in [0.15, 0.2) is 53.6 Å². The third-order valence-corrected chi connectivity index (χ3v) is 4.63. The zero-order valence-electron chi connectivity index (χ0n) is 12.5. The molecule has 2 aromatic heterocycles. The molecule has 9 heteroatoms. The Bertz CT molecular complexity index is 1030. The van der Waals surface area contributed by atoms with E-state index in [2.05, 4.69) is 10.4 Å². The van der Waals surface area contributed by atoms with Crippen molar-refractivity contribution in [2.24, 2.45) is 0 Å². The molecule has 0 aliphatic carbocycles. The van der Waals surface area contributed by atoms with Crippen LogP contribution >= 0.6 is 0 Å². The first-order valence-corrected chi connectivity index (χ1v) is 8.39. The number of hydrazine groups is 1. The number of carbonyl (C=O) groups is 1. The summed E-state index contributed by atoms with van der Waals surface area (Å²) in [7, 11) is -4.23. The van der Waals surface area contributed by atoms with Gasteiger partial charge in [-0.25, -0.2) is 17.8 Å². The van der Waals surface area contributed by atoms with E-state index in [1.54, 1.807) is 31.3 Å². The Balaban J connectivity index is 1.85. The number of rotatable bonds is 4. The summed E-state index contributed by atoms with van der Waals surface area (Å²) >= 11 is 0. The molecule has 0 fully saturated rings. The number of halogens is 1. The molecule has 2 N–H and O–H groups in total. The van der Waals surface area contributed by atoms with E-state index in [0.717, 1.165) is 12.1 Å². The van der Waals surface area contributed by atoms with Crippen molar-refractivity contribution in [1.29, 1.82) is 0 Å². The second-order valence-electron chi connectivity index (χ2n) is 4.96. The van der Waals surface area contributed by atoms with E-state index in [1.165, 1.54) is 16.5 Å². The average Bonchev–Trinajstić information content (AvgIpc) is 2.89. The fourth-order valence-corrected chi connectivity index (χ4v) is 3.20. The molecule has 0 aliphatic rings. The van der Waals surface area contributed by atoms with E-state index in [1.807, 2.05) is 4.83 Å². The summed E-state index contributed by atoms with van der Waals surface area (Å²) in [4.78, 5) is 17.9. The third kappa shape index (κ3) is 2.86. The van der Waals surface area contributed by atoms with E-state index in [4.69, 9.17) is 0 Å². The minimum absolute atomic E-state index is 0.182. The molecule has 0 saturated heterocycles. The highest BCUT2D eigenvalue weighted by atomic mass is 32.2. The second-order valence-corrected chi connectivity index (χ2v) is 6.62. The quantitative estimate of drug-likeness (QED) is 0.697. The zero-order chi connectivity index (χ0) is 17.3. The van der Waals surface area contributed by atoms with E-state index < -0.39 is 26.6 Å². The number of imidazole rings is 1. The first-order chi connectivity index (χ1) is 11.4. The van der Waals surface area contributed by atoms with Crippen LogP contribution in [-0.2, 0) is 10.0 Å². The summed E-state index contributed by atoms with van der Waals surface area (Å²) in [5.74, 6) is -1.61. The predicted molar refractivity (Wildman–Crippen MR) is 84.1 cm³/mol. The van der Waals surface area contributed by atoms with Gasteiger partial charge in [-0.05, 0) is 31.2 Å². The Hall–Kier alpha value is -2.78. The van der Waals surface area contributed by atoms with Crippen molar-refractivity contribution < 1.29 is 17.6 Å². The Morgan fingerprint density at radius 1 is 1.17 bits per heavy atom. The van der Waals surface area contributed by atoms with Gasteiger partial charge in [0, 0.05) is 6.20 Å². The lowest BCUT2D eigenvalue weighted by atomic mass is 10.3. The maximum absolute atomic E-state index is 13.6. The van der Waals surface area contributed by atoms with Crippen LogP contribution in [0.5, 0.6) is 0 Å². The molecule has 1 amide bonds. The van der Waals surface area contributed by atoms with Gasteiger partial charge < -0.3 is 0 Å². The predicted octanol–water partition coefficient (Wildman–Crippen LogP) is 1.41. The normalized spacial score (nSPS) is 11.6. The third-order valence-electron chi connectivity index (χ3n) is 3.34. The van der Waals surface area contributed by atoms with Gasteiger partial charge in [-0.15, -0.1) is 4.83 Å². The summed E-state index contributed by atoms with van der Waals surface area (Å²) in [6, 6.07) is 10.1. The van der Waals surface area contributed by atoms with Crippen LogP contribution in [-0.4, -0.2) is 23.7 Å². The molecule has 124 valence electrons. The van der Waals surface area contributed by atoms with Gasteiger partial charge in [-0.2, -0.15) is 0 Å². The summed E-state index contributed by atoms with van der Waals surface area (Å²) in [6.07, 6.45) is 1.63. The Morgan fingerprint density at radius 2 is 1.88 bits per heavy atom. The van der Waals surface area contributed by atoms with Gasteiger partial charge in [0.25, 0.3) is 15.9 Å². The minimum atomic E-state index is -4.23. The number of hydrogen-bond acceptors (Lipinski definition) is 4. The molecule has 2 heterocycles. The molecule has 0 atom stereocenters. The van der Waals surface area contributed by atoms with Crippen LogP contribution < -0.4 is 10.3 Å². The highest BCUT2D eigenvalue weighted by Crippen LogP contribution is 2.13. The minimum Gasteiger partial charge on any atom is -0.295 e. The van der Waals surface area contributed by atoms with Crippen molar-refractivity contribution in [1.82, 2.24) is 19.6 Å². The van der Waals surface area contributed by atoms with Crippen molar-refractivity contribution >= 4 is 21.6 Å². The molecule has 1 aromatic carbocycles. The van der Waals surface area contributed by atoms with Gasteiger partial charge in [-0.1, -0.05) is 18.2 Å². The van der Waals surface area contributed by atoms with Gasteiger partial charge in [-0.3, -0.25) is 14.6 Å². The van der Waals surface area contributed by atoms with E-state index >= 15 is 0 Å². The second kappa shape index (κ2) is 6.02. The monoisotopic (exact) mass is 348 g/mol. The van der Waals surface area contributed by atoms with Crippen LogP contribution in [0.4, 0.5) is 4.39 Å². The standard InChI is InChI=1S/C15H13FN4O3S/c1-10-14(20-9-5-4-8-13(20)17-10)15(21)18-19-24(22,23)12-7-3-2-6-11(12)16/h2-9,19H,1H3,(H,18,21). The number of fused-ring (bicyclic) bond motifs is 1. The van der Waals surface area contributed by atoms with Crippen LogP contribution in [0.1, 0.15) is 16.2 Å². The fraction of sp³-hybridized carbons (Fsp3) is 0.0667. The number of amides is 1. The number of benzene rings is 1. The van der Waals surface area contributed by atoms with Crippen molar-refractivity contribution in [3.8, 4) is 0 Å². The first kappa shape index (κ1) is 16.1. The molecule has 0 bridgehead atoms. The number of pyridine rings is 1. The molecule has 3 rings (SSSR count). The first-order valence-electron chi connectivity index (χ1n) is 6.90. The van der Waals surface area contributed by atoms with Crippen molar-refractivity contribution in [3.05, 3.63) is 65.9 Å². The van der Waals surface area contributed by atoms with Gasteiger partial charge in [0.2, 0.25) is 0 Å². The molecule has 7 nitrogen and oxygen atoms in total. The van der Waals surface area contributed by atoms with Gasteiger partial charge in [0.05, 0.1) is 5.69 Å². The topological polar surface area (TPSA) is 92.6 Å². The average molecular weight is 348 g/mol. The van der Waals surface area contributed by atoms with Gasteiger partial charge >= 0.3 is 0 Å². The van der Waals surface area contributed by atoms with Crippen molar-refractivity contribution in [2.45, 2.75) is 11.8 Å². The Labute approximate surface area is 137 Å². The van der Waals surface area contributed by atoms with Crippen molar-refractivity contribution in [3.63, 3.8) is 0 Å². The summed E-state index contributed by atoms with van der Waals surface area (Å²) < 4.78 is 39.3. The zero-order valence-corrected chi connectivity index (χ0v) is 13.3. The SMILES string of the molecule is Cc1nc2ccccn2c1C(=O)NNS(=O)(=O)c1ccccc1F. The molecular formula is C15H13FN4O3S. The van der Waals surface area contributed by atoms with Crippen LogP contribution in [0, 0.1) is 12.7 Å². The maximum Gasteiger partial charge on any atom is 0.285 e. The van der Waals surface area contributed by atoms with Gasteiger partial charge in [0.1, 0.15) is 22.1 Å². The number of nitrogens with one attached hydrogen (secondary N) is 2. The lowest BCUT2D eigenvalue weighted by Gasteiger charge is -2.09. The van der Waals surface area contributed by atoms with Crippen LogP contribution in [0.3, 0.4) is 0 Å². The number of aromatic nitrogens is 2. The lowest BCUT2D eigenvalue weighted by Crippen LogP contribution is -2.42. The smallest absolute Gasteiger partial charge is 0.285 e. The van der Waals surface area contributed by atoms with E-state index in [-0.39, 0.29) is 5.69 Å². The molecule has 3 aromatic rings.